The minimum absolute atomic E-state index is 0. The number of aromatic amines is 1. The average Bonchev–Trinajstić information content (AvgIpc) is 3.53. The number of H-pyrrole nitrogens is 1. The number of hydrogen-bond donors (Lipinski definition) is 1. The van der Waals surface area contributed by atoms with Gasteiger partial charge in [0.05, 0.1) is 17.6 Å². The van der Waals surface area contributed by atoms with E-state index < -0.39 is 0 Å². The molecule has 0 atom stereocenters. The van der Waals surface area contributed by atoms with Gasteiger partial charge in [0.25, 0.3) is 0 Å². The van der Waals surface area contributed by atoms with Crippen LogP contribution in [-0.2, 0) is 24.3 Å². The Labute approximate surface area is 227 Å². The predicted octanol–water partition coefficient (Wildman–Crippen LogP) is 2.42. The van der Waals surface area contributed by atoms with Crippen molar-refractivity contribution in [2.45, 2.75) is 39.3 Å². The Bertz CT molecular complexity index is 1380. The topological polar surface area (TPSA) is 81.5 Å². The summed E-state index contributed by atoms with van der Waals surface area (Å²) in [6.45, 7) is 3.56. The van der Waals surface area contributed by atoms with Crippen LogP contribution >= 0.6 is 0 Å². The van der Waals surface area contributed by atoms with Crippen molar-refractivity contribution in [3.63, 3.8) is 0 Å². The van der Waals surface area contributed by atoms with Crippen LogP contribution < -0.4 is 29.6 Å². The summed E-state index contributed by atoms with van der Waals surface area (Å²) in [6, 6.07) is 23.1. The van der Waals surface area contributed by atoms with E-state index in [1.165, 1.54) is 16.6 Å². The van der Waals surface area contributed by atoms with Crippen LogP contribution in [0.15, 0.2) is 66.7 Å². The zero-order chi connectivity index (χ0) is 23.3. The van der Waals surface area contributed by atoms with Crippen LogP contribution in [0.2, 0.25) is 0 Å². The van der Waals surface area contributed by atoms with Crippen molar-refractivity contribution >= 4 is 11.0 Å². The standard InChI is InChI=1S/C27H28N6O.Na/c1-3-4-12-25-28-24-11-7-8-21(18-34-2)26(24)33(25)17-19-13-15-20(16-14-19)22-9-5-6-10-23(22)27-29-31-32-30-27;/h5-11,13-16H,3-4,12,17-18H2,1-2H3,(H,29,30,31,32);/q;+1. The smallest absolute Gasteiger partial charge is 0.380 e. The molecule has 2 heterocycles. The minimum atomic E-state index is 0. The number of aryl methyl sites for hydroxylation is 1. The summed E-state index contributed by atoms with van der Waals surface area (Å²) in [5, 5.41) is 14.6. The van der Waals surface area contributed by atoms with Crippen LogP contribution in [0.25, 0.3) is 33.5 Å². The number of hydrogen-bond acceptors (Lipinski definition) is 5. The van der Waals surface area contributed by atoms with Gasteiger partial charge in [-0.1, -0.05) is 74.0 Å². The van der Waals surface area contributed by atoms with E-state index in [-0.39, 0.29) is 29.6 Å². The number of nitrogens with zero attached hydrogens (tertiary/aromatic N) is 5. The van der Waals surface area contributed by atoms with Crippen molar-refractivity contribution in [1.29, 1.82) is 0 Å². The van der Waals surface area contributed by atoms with Crippen molar-refractivity contribution in [1.82, 2.24) is 30.2 Å². The summed E-state index contributed by atoms with van der Waals surface area (Å²) in [5.74, 6) is 1.72. The number of ether oxygens (including phenoxy) is 1. The van der Waals surface area contributed by atoms with Crippen molar-refractivity contribution in [2.75, 3.05) is 7.11 Å². The first-order valence-electron chi connectivity index (χ1n) is 11.7. The minimum Gasteiger partial charge on any atom is -0.380 e. The molecular formula is C27H28N6NaO+. The van der Waals surface area contributed by atoms with Gasteiger partial charge in [0.2, 0.25) is 5.82 Å². The summed E-state index contributed by atoms with van der Waals surface area (Å²) in [5.41, 5.74) is 7.75. The van der Waals surface area contributed by atoms with Gasteiger partial charge in [0, 0.05) is 31.2 Å². The molecule has 1 N–H and O–H groups in total. The molecule has 0 unspecified atom stereocenters. The number of para-hydroxylation sites is 1. The number of unbranched alkanes of at least 4 members (excludes halogenated alkanes) is 1. The van der Waals surface area contributed by atoms with Crippen LogP contribution in [0.4, 0.5) is 0 Å². The summed E-state index contributed by atoms with van der Waals surface area (Å²) in [6.07, 6.45) is 3.23. The number of imidazole rings is 1. The molecule has 0 fully saturated rings. The van der Waals surface area contributed by atoms with Crippen molar-refractivity contribution in [3.05, 3.63) is 83.7 Å². The molecule has 7 nitrogen and oxygen atoms in total. The molecule has 2 aromatic heterocycles. The molecule has 0 saturated carbocycles. The summed E-state index contributed by atoms with van der Waals surface area (Å²) in [4.78, 5) is 4.98. The normalized spacial score (nSPS) is 11.0. The van der Waals surface area contributed by atoms with E-state index in [4.69, 9.17) is 9.72 Å². The molecular weight excluding hydrogens is 447 g/mol. The first-order chi connectivity index (χ1) is 16.8. The number of fused-ring (bicyclic) bond motifs is 1. The monoisotopic (exact) mass is 475 g/mol. The molecule has 5 aromatic rings. The molecule has 0 aliphatic heterocycles. The van der Waals surface area contributed by atoms with Gasteiger partial charge < -0.3 is 9.30 Å². The molecule has 5 rings (SSSR count). The van der Waals surface area contributed by atoms with E-state index in [2.05, 4.69) is 80.6 Å². The zero-order valence-corrected chi connectivity index (χ0v) is 22.5. The summed E-state index contributed by atoms with van der Waals surface area (Å²) < 4.78 is 7.84. The molecule has 172 valence electrons. The maximum absolute atomic E-state index is 5.48. The second kappa shape index (κ2) is 11.7. The average molecular weight is 476 g/mol. The van der Waals surface area contributed by atoms with Gasteiger partial charge in [-0.15, -0.1) is 10.2 Å². The van der Waals surface area contributed by atoms with Gasteiger partial charge in [-0.05, 0) is 34.4 Å². The molecule has 0 aliphatic carbocycles. The van der Waals surface area contributed by atoms with Crippen LogP contribution in [0.1, 0.15) is 36.7 Å². The maximum atomic E-state index is 5.48. The fourth-order valence-corrected chi connectivity index (χ4v) is 4.45. The Morgan fingerprint density at radius 3 is 2.46 bits per heavy atom. The van der Waals surface area contributed by atoms with E-state index in [0.29, 0.717) is 12.4 Å². The van der Waals surface area contributed by atoms with E-state index >= 15 is 0 Å². The zero-order valence-electron chi connectivity index (χ0n) is 20.5. The second-order valence-corrected chi connectivity index (χ2v) is 8.41. The molecule has 35 heavy (non-hydrogen) atoms. The molecule has 3 aromatic carbocycles. The van der Waals surface area contributed by atoms with Gasteiger partial charge in [0.1, 0.15) is 5.82 Å². The third-order valence-corrected chi connectivity index (χ3v) is 6.10. The first-order valence-corrected chi connectivity index (χ1v) is 11.7. The van der Waals surface area contributed by atoms with Crippen LogP contribution in [0.3, 0.4) is 0 Å². The Balaban J connectivity index is 0.00000289. The predicted molar refractivity (Wildman–Crippen MR) is 133 cm³/mol. The number of aromatic nitrogens is 6. The first kappa shape index (κ1) is 25.3. The molecule has 0 spiro atoms. The van der Waals surface area contributed by atoms with E-state index in [9.17, 15) is 0 Å². The number of tetrazole rings is 1. The van der Waals surface area contributed by atoms with Gasteiger partial charge in [-0.2, -0.15) is 5.21 Å². The Morgan fingerprint density at radius 2 is 1.74 bits per heavy atom. The largest absolute Gasteiger partial charge is 1.00 e. The van der Waals surface area contributed by atoms with Gasteiger partial charge >= 0.3 is 29.6 Å². The number of methoxy groups -OCH3 is 1. The van der Waals surface area contributed by atoms with Crippen LogP contribution in [0, 0.1) is 0 Å². The maximum Gasteiger partial charge on any atom is 1.00 e. The van der Waals surface area contributed by atoms with Crippen molar-refractivity contribution < 1.29 is 34.3 Å². The van der Waals surface area contributed by atoms with Crippen molar-refractivity contribution in [2.24, 2.45) is 0 Å². The quantitative estimate of drug-likeness (QED) is 0.331. The third-order valence-electron chi connectivity index (χ3n) is 6.10. The number of benzene rings is 3. The Hall–Kier alpha value is -2.84. The van der Waals surface area contributed by atoms with Gasteiger partial charge in [-0.3, -0.25) is 0 Å². The fraction of sp³-hybridized carbons (Fsp3) is 0.259. The van der Waals surface area contributed by atoms with Crippen LogP contribution in [-0.4, -0.2) is 37.3 Å². The SMILES string of the molecule is CCCCc1nc2cccc(COC)c2n1Cc1ccc(-c2ccccc2-c2nn[nH]n2)cc1.[Na+]. The molecule has 0 amide bonds. The second-order valence-electron chi connectivity index (χ2n) is 8.41. The van der Waals surface area contributed by atoms with E-state index in [1.54, 1.807) is 7.11 Å². The van der Waals surface area contributed by atoms with Crippen LogP contribution in [0.5, 0.6) is 0 Å². The molecule has 0 aliphatic rings. The Morgan fingerprint density at radius 1 is 0.943 bits per heavy atom. The van der Waals surface area contributed by atoms with Gasteiger partial charge in [0.15, 0.2) is 0 Å². The molecule has 0 saturated heterocycles. The summed E-state index contributed by atoms with van der Waals surface area (Å²) >= 11 is 0. The Kier molecular flexibility index (Phi) is 8.46. The fourth-order valence-electron chi connectivity index (χ4n) is 4.45. The van der Waals surface area contributed by atoms with E-state index in [1.807, 2.05) is 18.2 Å². The summed E-state index contributed by atoms with van der Waals surface area (Å²) in [7, 11) is 1.74. The van der Waals surface area contributed by atoms with E-state index in [0.717, 1.165) is 53.8 Å². The van der Waals surface area contributed by atoms with Crippen molar-refractivity contribution in [3.8, 4) is 22.5 Å². The number of nitrogens with one attached hydrogen (secondary N) is 1. The third kappa shape index (κ3) is 5.38. The molecule has 0 radical (unpaired) electrons. The molecule has 8 heteroatoms. The number of rotatable bonds is 9. The molecule has 0 bridgehead atoms. The van der Waals surface area contributed by atoms with Gasteiger partial charge in [-0.25, -0.2) is 4.98 Å².